The van der Waals surface area contributed by atoms with Gasteiger partial charge in [-0.1, -0.05) is 19.1 Å². The zero-order valence-corrected chi connectivity index (χ0v) is 9.78. The second kappa shape index (κ2) is 5.38. The third kappa shape index (κ3) is 3.14. The lowest BCUT2D eigenvalue weighted by atomic mass is 9.97. The number of ketones is 1. The Hall–Kier alpha value is -1.73. The first kappa shape index (κ1) is 12.3. The molecule has 0 fully saturated rings. The van der Waals surface area contributed by atoms with E-state index < -0.39 is 0 Å². The molecule has 0 saturated carbocycles. The average molecular weight is 217 g/mol. The van der Waals surface area contributed by atoms with Crippen LogP contribution in [0.5, 0.6) is 0 Å². The average Bonchev–Trinajstić information content (AvgIpc) is 2.23. The van der Waals surface area contributed by atoms with Crippen molar-refractivity contribution in [3.63, 3.8) is 0 Å². The molecule has 0 radical (unpaired) electrons. The Morgan fingerprint density at radius 3 is 2.75 bits per heavy atom. The first-order valence-corrected chi connectivity index (χ1v) is 5.22. The maximum atomic E-state index is 11.1. The lowest BCUT2D eigenvalue weighted by Gasteiger charge is -2.08. The van der Waals surface area contributed by atoms with Gasteiger partial charge in [0.05, 0.1) is 5.69 Å². The summed E-state index contributed by atoms with van der Waals surface area (Å²) in [5, 5.41) is 0. The lowest BCUT2D eigenvalue weighted by Crippen LogP contribution is -2.09. The summed E-state index contributed by atoms with van der Waals surface area (Å²) in [6, 6.07) is 5.69. The standard InChI is InChI=1S/C13H15NO2/c1-9-4-5-12(6-10(2)11(3)16)7-13(9)14-8-15/h4-5,7,10H,6H2,1-3H3. The number of carbonyl (C=O) groups excluding carboxylic acids is 2. The predicted molar refractivity (Wildman–Crippen MR) is 62.5 cm³/mol. The maximum Gasteiger partial charge on any atom is 0.240 e. The van der Waals surface area contributed by atoms with Gasteiger partial charge in [0.15, 0.2) is 0 Å². The van der Waals surface area contributed by atoms with Crippen molar-refractivity contribution >= 4 is 17.6 Å². The molecule has 1 rings (SSSR count). The zero-order chi connectivity index (χ0) is 12.1. The Bertz CT molecular complexity index is 445. The van der Waals surface area contributed by atoms with Crippen molar-refractivity contribution in [3.05, 3.63) is 29.3 Å². The molecule has 0 saturated heterocycles. The number of isocyanates is 1. The van der Waals surface area contributed by atoms with Crippen LogP contribution < -0.4 is 0 Å². The molecule has 1 atom stereocenters. The van der Waals surface area contributed by atoms with Gasteiger partial charge in [-0.2, -0.15) is 4.99 Å². The minimum atomic E-state index is -0.00392. The van der Waals surface area contributed by atoms with E-state index in [4.69, 9.17) is 0 Å². The van der Waals surface area contributed by atoms with Crippen molar-refractivity contribution in [2.75, 3.05) is 0 Å². The zero-order valence-electron chi connectivity index (χ0n) is 9.78. The molecule has 3 heteroatoms. The molecule has 1 unspecified atom stereocenters. The monoisotopic (exact) mass is 217 g/mol. The molecule has 1 aromatic carbocycles. The van der Waals surface area contributed by atoms with Crippen LogP contribution in [0, 0.1) is 12.8 Å². The quantitative estimate of drug-likeness (QED) is 0.575. The number of aryl methyl sites for hydroxylation is 1. The van der Waals surface area contributed by atoms with E-state index in [2.05, 4.69) is 4.99 Å². The van der Waals surface area contributed by atoms with Crippen molar-refractivity contribution < 1.29 is 9.59 Å². The summed E-state index contributed by atoms with van der Waals surface area (Å²) >= 11 is 0. The first-order valence-electron chi connectivity index (χ1n) is 5.22. The Morgan fingerprint density at radius 2 is 2.19 bits per heavy atom. The third-order valence-corrected chi connectivity index (χ3v) is 2.68. The highest BCUT2D eigenvalue weighted by Crippen LogP contribution is 2.21. The number of Topliss-reactive ketones (excluding diaryl/α,β-unsaturated/α-hetero) is 1. The molecule has 3 nitrogen and oxygen atoms in total. The fraction of sp³-hybridized carbons (Fsp3) is 0.385. The third-order valence-electron chi connectivity index (χ3n) is 2.68. The summed E-state index contributed by atoms with van der Waals surface area (Å²) in [5.41, 5.74) is 2.58. The second-order valence-corrected chi connectivity index (χ2v) is 4.04. The van der Waals surface area contributed by atoms with Crippen LogP contribution in [0.2, 0.25) is 0 Å². The number of benzene rings is 1. The molecule has 1 aromatic rings. The van der Waals surface area contributed by atoms with Crippen LogP contribution in [-0.2, 0) is 16.0 Å². The largest absolute Gasteiger partial charge is 0.300 e. The maximum absolute atomic E-state index is 11.1. The van der Waals surface area contributed by atoms with Crippen molar-refractivity contribution in [1.82, 2.24) is 0 Å². The number of hydrogen-bond donors (Lipinski definition) is 0. The van der Waals surface area contributed by atoms with E-state index in [0.717, 1.165) is 11.1 Å². The molecule has 0 aromatic heterocycles. The second-order valence-electron chi connectivity index (χ2n) is 4.04. The highest BCUT2D eigenvalue weighted by atomic mass is 16.1. The van der Waals surface area contributed by atoms with Crippen molar-refractivity contribution in [3.8, 4) is 0 Å². The Morgan fingerprint density at radius 1 is 1.50 bits per heavy atom. The highest BCUT2D eigenvalue weighted by molar-refractivity contribution is 5.78. The van der Waals surface area contributed by atoms with Gasteiger partial charge in [0.2, 0.25) is 6.08 Å². The van der Waals surface area contributed by atoms with E-state index in [9.17, 15) is 9.59 Å². The van der Waals surface area contributed by atoms with Gasteiger partial charge >= 0.3 is 0 Å². The molecule has 0 bridgehead atoms. The first-order chi connectivity index (χ1) is 7.54. The summed E-state index contributed by atoms with van der Waals surface area (Å²) in [6.45, 7) is 5.36. The molecule has 0 aliphatic heterocycles. The van der Waals surface area contributed by atoms with Gasteiger partial charge in [-0.05, 0) is 37.5 Å². The Balaban J connectivity index is 2.94. The van der Waals surface area contributed by atoms with Crippen molar-refractivity contribution in [2.45, 2.75) is 27.2 Å². The number of rotatable bonds is 4. The van der Waals surface area contributed by atoms with Gasteiger partial charge in [-0.25, -0.2) is 4.79 Å². The van der Waals surface area contributed by atoms with E-state index in [-0.39, 0.29) is 11.7 Å². The van der Waals surface area contributed by atoms with E-state index in [1.165, 1.54) is 6.08 Å². The van der Waals surface area contributed by atoms with Crippen LogP contribution in [0.25, 0.3) is 0 Å². The van der Waals surface area contributed by atoms with Crippen LogP contribution in [0.15, 0.2) is 23.2 Å². The summed E-state index contributed by atoms with van der Waals surface area (Å²) in [6.07, 6.45) is 2.21. The summed E-state index contributed by atoms with van der Waals surface area (Å²) in [7, 11) is 0. The number of carbonyl (C=O) groups is 1. The summed E-state index contributed by atoms with van der Waals surface area (Å²) < 4.78 is 0. The molecule has 0 N–H and O–H groups in total. The summed E-state index contributed by atoms with van der Waals surface area (Å²) in [5.74, 6) is 0.164. The van der Waals surface area contributed by atoms with E-state index in [1.54, 1.807) is 6.92 Å². The summed E-state index contributed by atoms with van der Waals surface area (Å²) in [4.78, 5) is 25.0. The van der Waals surface area contributed by atoms with Gasteiger partial charge < -0.3 is 0 Å². The molecular formula is C13H15NO2. The van der Waals surface area contributed by atoms with Gasteiger partial charge in [0.25, 0.3) is 0 Å². The molecule has 16 heavy (non-hydrogen) atoms. The fourth-order valence-electron chi connectivity index (χ4n) is 1.45. The fourth-order valence-corrected chi connectivity index (χ4v) is 1.45. The minimum absolute atomic E-state index is 0.00392. The molecule has 0 aliphatic rings. The molecule has 0 amide bonds. The molecular weight excluding hydrogens is 202 g/mol. The van der Waals surface area contributed by atoms with E-state index >= 15 is 0 Å². The number of aliphatic imine (C=N–C) groups is 1. The van der Waals surface area contributed by atoms with E-state index in [1.807, 2.05) is 32.0 Å². The van der Waals surface area contributed by atoms with Crippen molar-refractivity contribution in [1.29, 1.82) is 0 Å². The highest BCUT2D eigenvalue weighted by Gasteiger charge is 2.09. The van der Waals surface area contributed by atoms with Gasteiger partial charge in [-0.3, -0.25) is 4.79 Å². The number of nitrogens with zero attached hydrogens (tertiary/aromatic N) is 1. The van der Waals surface area contributed by atoms with Crippen LogP contribution >= 0.6 is 0 Å². The van der Waals surface area contributed by atoms with Crippen LogP contribution in [0.3, 0.4) is 0 Å². The number of hydrogen-bond acceptors (Lipinski definition) is 3. The van der Waals surface area contributed by atoms with Crippen LogP contribution in [-0.4, -0.2) is 11.9 Å². The Kier molecular flexibility index (Phi) is 4.15. The van der Waals surface area contributed by atoms with Gasteiger partial charge in [-0.15, -0.1) is 0 Å². The Labute approximate surface area is 95.2 Å². The van der Waals surface area contributed by atoms with Gasteiger partial charge in [0.1, 0.15) is 5.78 Å². The topological polar surface area (TPSA) is 46.5 Å². The molecule has 0 aliphatic carbocycles. The predicted octanol–water partition coefficient (Wildman–Crippen LogP) is 2.73. The van der Waals surface area contributed by atoms with Crippen LogP contribution in [0.1, 0.15) is 25.0 Å². The van der Waals surface area contributed by atoms with Crippen LogP contribution in [0.4, 0.5) is 5.69 Å². The molecule has 84 valence electrons. The molecule has 0 heterocycles. The molecule has 0 spiro atoms. The smallest absolute Gasteiger partial charge is 0.240 e. The van der Waals surface area contributed by atoms with Crippen molar-refractivity contribution in [2.24, 2.45) is 10.9 Å². The van der Waals surface area contributed by atoms with E-state index in [0.29, 0.717) is 12.1 Å². The lowest BCUT2D eigenvalue weighted by molar-refractivity contribution is -0.120. The van der Waals surface area contributed by atoms with Gasteiger partial charge in [0, 0.05) is 5.92 Å². The SMILES string of the molecule is CC(=O)C(C)Cc1ccc(C)c(N=C=O)c1. The minimum Gasteiger partial charge on any atom is -0.300 e. The normalized spacial score (nSPS) is 11.7.